The fourth-order valence-electron chi connectivity index (χ4n) is 1.61. The molecule has 0 aliphatic heterocycles. The first-order valence-corrected chi connectivity index (χ1v) is 5.81. The first-order valence-electron chi connectivity index (χ1n) is 4.37. The van der Waals surface area contributed by atoms with Crippen molar-refractivity contribution in [1.82, 2.24) is 15.4 Å². The molecule has 1 radical (unpaired) electrons. The van der Waals surface area contributed by atoms with Crippen molar-refractivity contribution in [2.24, 2.45) is 0 Å². The summed E-state index contributed by atoms with van der Waals surface area (Å²) in [4.78, 5) is 10.3. The summed E-state index contributed by atoms with van der Waals surface area (Å²) in [7, 11) is -4.70. The van der Waals surface area contributed by atoms with Crippen molar-refractivity contribution in [3.8, 4) is 0 Å². The summed E-state index contributed by atoms with van der Waals surface area (Å²) in [6.07, 6.45) is 0. The predicted octanol–water partition coefficient (Wildman–Crippen LogP) is 0.209. The van der Waals surface area contributed by atoms with Gasteiger partial charge in [0.2, 0.25) is 0 Å². The normalized spacial score (nSPS) is 11.2. The summed E-state index contributed by atoms with van der Waals surface area (Å²) in [6.45, 7) is 1.42. The van der Waals surface area contributed by atoms with Gasteiger partial charge < -0.3 is 5.11 Å². The number of benzene rings is 1. The van der Waals surface area contributed by atoms with Crippen molar-refractivity contribution in [3.05, 3.63) is 17.2 Å². The van der Waals surface area contributed by atoms with E-state index in [0.29, 0.717) is 0 Å². The molecule has 0 amide bonds. The minimum Gasteiger partial charge on any atom is -0.478 e. The van der Waals surface area contributed by atoms with Crippen LogP contribution in [-0.2, 0) is 32.5 Å². The number of carbonyl (C=O) groups is 1. The number of hydrogen-bond donors (Lipinski definition) is 3. The Hall–Kier alpha value is -1.26. The van der Waals surface area contributed by atoms with E-state index in [1.807, 2.05) is 0 Å². The van der Waals surface area contributed by atoms with Gasteiger partial charge in [-0.25, -0.2) is 4.79 Å². The minimum atomic E-state index is -4.70. The average Bonchev–Trinajstić information content (AvgIpc) is 2.60. The van der Waals surface area contributed by atoms with Crippen molar-refractivity contribution in [2.75, 3.05) is 0 Å². The molecular formula is C8H7AgN3O5S. The van der Waals surface area contributed by atoms with Crippen LogP contribution in [0, 0.1) is 6.92 Å². The van der Waals surface area contributed by atoms with Gasteiger partial charge in [0, 0.05) is 22.4 Å². The number of rotatable bonds is 2. The first kappa shape index (κ1) is 14.8. The Bertz CT molecular complexity index is 724. The molecule has 10 heteroatoms. The number of aromatic carboxylic acids is 1. The van der Waals surface area contributed by atoms with Crippen LogP contribution in [-0.4, -0.2) is 39.5 Å². The zero-order valence-corrected chi connectivity index (χ0v) is 11.1. The Balaban J connectivity index is 0.00000162. The van der Waals surface area contributed by atoms with E-state index in [9.17, 15) is 13.2 Å². The van der Waals surface area contributed by atoms with Crippen LogP contribution in [0.2, 0.25) is 0 Å². The van der Waals surface area contributed by atoms with E-state index in [1.165, 1.54) is 13.0 Å². The molecule has 1 aromatic heterocycles. The van der Waals surface area contributed by atoms with Crippen molar-refractivity contribution in [1.29, 1.82) is 0 Å². The van der Waals surface area contributed by atoms with E-state index in [1.54, 1.807) is 0 Å². The maximum absolute atomic E-state index is 11.2. The molecule has 0 bridgehead atoms. The molecular weight excluding hydrogens is 358 g/mol. The van der Waals surface area contributed by atoms with Crippen LogP contribution in [0.4, 0.5) is 0 Å². The number of carboxylic acids is 1. The van der Waals surface area contributed by atoms with Gasteiger partial charge in [0.05, 0.1) is 11.1 Å². The maximum atomic E-state index is 11.2. The van der Waals surface area contributed by atoms with E-state index < -0.39 is 26.5 Å². The first-order chi connectivity index (χ1) is 7.82. The van der Waals surface area contributed by atoms with Crippen LogP contribution < -0.4 is 0 Å². The van der Waals surface area contributed by atoms with E-state index in [-0.39, 0.29) is 39.0 Å². The van der Waals surface area contributed by atoms with Crippen LogP contribution in [0.1, 0.15) is 15.9 Å². The SMILES string of the molecule is Cc1cc2[nH]nnc2c(S(=O)(=O)O)c1C(=O)O.[Ag]. The molecule has 0 aliphatic carbocycles. The van der Waals surface area contributed by atoms with Gasteiger partial charge in [-0.2, -0.15) is 8.42 Å². The van der Waals surface area contributed by atoms with E-state index in [2.05, 4.69) is 15.4 Å². The van der Waals surface area contributed by atoms with Crippen molar-refractivity contribution >= 4 is 27.1 Å². The second-order valence-corrected chi connectivity index (χ2v) is 4.74. The summed E-state index contributed by atoms with van der Waals surface area (Å²) >= 11 is 0. The topological polar surface area (TPSA) is 133 Å². The third-order valence-corrected chi connectivity index (χ3v) is 3.16. The fraction of sp³-hybridized carbons (Fsp3) is 0.125. The largest absolute Gasteiger partial charge is 0.478 e. The molecule has 0 saturated carbocycles. The molecule has 101 valence electrons. The Kier molecular flexibility index (Phi) is 3.93. The monoisotopic (exact) mass is 364 g/mol. The molecule has 0 unspecified atom stereocenters. The van der Waals surface area contributed by atoms with E-state index in [0.717, 1.165) is 0 Å². The van der Waals surface area contributed by atoms with Gasteiger partial charge in [0.1, 0.15) is 10.4 Å². The molecule has 2 rings (SSSR count). The predicted molar refractivity (Wildman–Crippen MR) is 55.4 cm³/mol. The number of aromatic nitrogens is 3. The second-order valence-electron chi connectivity index (χ2n) is 3.39. The molecule has 18 heavy (non-hydrogen) atoms. The minimum absolute atomic E-state index is 0. The van der Waals surface area contributed by atoms with Gasteiger partial charge >= 0.3 is 5.97 Å². The number of carboxylic acid groups (broad SMARTS) is 1. The number of aromatic amines is 1. The van der Waals surface area contributed by atoms with Gasteiger partial charge in [0.15, 0.2) is 0 Å². The molecule has 2 aromatic rings. The molecule has 0 aliphatic rings. The number of nitrogens with zero attached hydrogens (tertiary/aromatic N) is 2. The molecule has 0 atom stereocenters. The molecule has 1 heterocycles. The molecule has 0 saturated heterocycles. The Morgan fingerprint density at radius 2 is 2.06 bits per heavy atom. The zero-order chi connectivity index (χ0) is 12.8. The van der Waals surface area contributed by atoms with Crippen molar-refractivity contribution < 1.29 is 45.3 Å². The standard InChI is InChI=1S/C8H7N3O5S.Ag/c1-3-2-4-6(10-11-9-4)7(17(14,15)16)5(3)8(12)13;/h2H,1H3,(H,12,13)(H,9,10,11)(H,14,15,16);. The van der Waals surface area contributed by atoms with Crippen LogP contribution in [0.15, 0.2) is 11.0 Å². The number of H-pyrrole nitrogens is 1. The maximum Gasteiger partial charge on any atom is 0.337 e. The zero-order valence-electron chi connectivity index (χ0n) is 8.80. The van der Waals surface area contributed by atoms with Crippen molar-refractivity contribution in [2.45, 2.75) is 11.8 Å². The van der Waals surface area contributed by atoms with Gasteiger partial charge in [-0.3, -0.25) is 9.65 Å². The Morgan fingerprint density at radius 1 is 1.44 bits per heavy atom. The molecule has 1 aromatic carbocycles. The van der Waals surface area contributed by atoms with Crippen LogP contribution in [0.25, 0.3) is 11.0 Å². The van der Waals surface area contributed by atoms with Gasteiger partial charge in [0.25, 0.3) is 10.1 Å². The van der Waals surface area contributed by atoms with Crippen LogP contribution in [0.3, 0.4) is 0 Å². The molecule has 0 spiro atoms. The summed E-state index contributed by atoms with van der Waals surface area (Å²) < 4.78 is 31.6. The number of fused-ring (bicyclic) bond motifs is 1. The van der Waals surface area contributed by atoms with Gasteiger partial charge in [-0.05, 0) is 18.6 Å². The Labute approximate surface area is 117 Å². The second kappa shape index (κ2) is 4.78. The third-order valence-electron chi connectivity index (χ3n) is 2.24. The van der Waals surface area contributed by atoms with Crippen LogP contribution in [0.5, 0.6) is 0 Å². The number of aryl methyl sites for hydroxylation is 1. The number of nitrogens with one attached hydrogen (secondary N) is 1. The average molecular weight is 365 g/mol. The Morgan fingerprint density at radius 3 is 2.56 bits per heavy atom. The van der Waals surface area contributed by atoms with Crippen molar-refractivity contribution in [3.63, 3.8) is 0 Å². The van der Waals surface area contributed by atoms with E-state index in [4.69, 9.17) is 9.66 Å². The molecule has 8 nitrogen and oxygen atoms in total. The summed E-state index contributed by atoms with van der Waals surface area (Å²) in [5.41, 5.74) is -0.284. The third kappa shape index (κ3) is 2.31. The smallest absolute Gasteiger partial charge is 0.337 e. The summed E-state index contributed by atoms with van der Waals surface area (Å²) in [5.74, 6) is -1.46. The molecule has 3 N–H and O–H groups in total. The molecule has 0 fully saturated rings. The number of hydrogen-bond acceptors (Lipinski definition) is 5. The summed E-state index contributed by atoms with van der Waals surface area (Å²) in [6, 6.07) is 1.40. The van der Waals surface area contributed by atoms with Gasteiger partial charge in [-0.1, -0.05) is 5.21 Å². The van der Waals surface area contributed by atoms with Gasteiger partial charge in [-0.15, -0.1) is 5.10 Å². The fourth-order valence-corrected chi connectivity index (χ4v) is 2.51. The van der Waals surface area contributed by atoms with Crippen LogP contribution >= 0.6 is 0 Å². The quantitative estimate of drug-likeness (QED) is 0.512. The summed E-state index contributed by atoms with van der Waals surface area (Å²) in [5, 5.41) is 18.2. The van der Waals surface area contributed by atoms with E-state index >= 15 is 0 Å².